The minimum atomic E-state index is -1.31. The van der Waals surface area contributed by atoms with Gasteiger partial charge in [-0.3, -0.25) is 19.3 Å². The van der Waals surface area contributed by atoms with E-state index in [-0.39, 0.29) is 18.1 Å². The molecule has 1 aromatic rings. The quantitative estimate of drug-likeness (QED) is 0.205. The molecule has 1 fully saturated rings. The van der Waals surface area contributed by atoms with E-state index >= 15 is 0 Å². The molecule has 3 rings (SSSR count). The van der Waals surface area contributed by atoms with Crippen molar-refractivity contribution in [2.45, 2.75) is 31.4 Å². The smallest absolute Gasteiger partial charge is 0.352 e. The van der Waals surface area contributed by atoms with E-state index in [0.29, 0.717) is 16.4 Å². The van der Waals surface area contributed by atoms with Crippen molar-refractivity contribution in [3.05, 3.63) is 22.3 Å². The normalized spacial score (nSPS) is 21.4. The highest BCUT2D eigenvalue weighted by Crippen LogP contribution is 2.40. The molecule has 166 valence electrons. The molecule has 2 aliphatic heterocycles. The first-order valence-electron chi connectivity index (χ1n) is 8.93. The van der Waals surface area contributed by atoms with Crippen LogP contribution < -0.4 is 11.1 Å². The minimum absolute atomic E-state index is 0.218. The van der Waals surface area contributed by atoms with Gasteiger partial charge in [-0.25, -0.2) is 9.78 Å². The summed E-state index contributed by atoms with van der Waals surface area (Å²) in [5.74, 6) is -2.88. The number of oxime groups is 1. The van der Waals surface area contributed by atoms with E-state index in [4.69, 9.17) is 15.3 Å². The molecule has 0 spiro atoms. The number of nitrogens with one attached hydrogen (secondary N) is 1. The van der Waals surface area contributed by atoms with Gasteiger partial charge < -0.3 is 25.7 Å². The van der Waals surface area contributed by atoms with Gasteiger partial charge in [0.1, 0.15) is 29.9 Å². The molecular formula is C17H19N5O7S2. The fraction of sp³-hybridized carbons (Fsp3) is 0.412. The number of thioether (sulfide) groups is 1. The van der Waals surface area contributed by atoms with Crippen LogP contribution in [0.4, 0.5) is 5.13 Å². The SMILES string of the molecule is CC(=O)OCC1=C(C(=O)O)N2C(=O)C(NC(=O)/C=N\OC(C)c3csc(N)n3)C2SC1. The zero-order valence-corrected chi connectivity index (χ0v) is 18.1. The first-order valence-corrected chi connectivity index (χ1v) is 10.9. The predicted molar refractivity (Wildman–Crippen MR) is 111 cm³/mol. The van der Waals surface area contributed by atoms with Crippen LogP contribution in [0.3, 0.4) is 0 Å². The number of carbonyl (C=O) groups is 4. The number of hydrogen-bond donors (Lipinski definition) is 3. The number of aliphatic carboxylic acids is 1. The van der Waals surface area contributed by atoms with Crippen molar-refractivity contribution in [1.82, 2.24) is 15.2 Å². The summed E-state index contributed by atoms with van der Waals surface area (Å²) < 4.78 is 4.87. The first-order chi connectivity index (χ1) is 14.7. The van der Waals surface area contributed by atoms with Crippen molar-refractivity contribution in [3.8, 4) is 0 Å². The lowest BCUT2D eigenvalue weighted by Gasteiger charge is -2.49. The van der Waals surface area contributed by atoms with E-state index in [0.717, 1.165) is 11.1 Å². The Morgan fingerprint density at radius 1 is 1.52 bits per heavy atom. The van der Waals surface area contributed by atoms with Crippen LogP contribution in [-0.2, 0) is 28.8 Å². The first kappa shape index (κ1) is 22.6. The molecule has 0 aliphatic carbocycles. The largest absolute Gasteiger partial charge is 0.477 e. The molecule has 0 bridgehead atoms. The number of aromatic nitrogens is 1. The van der Waals surface area contributed by atoms with Crippen molar-refractivity contribution in [1.29, 1.82) is 0 Å². The number of carboxylic acids is 1. The monoisotopic (exact) mass is 469 g/mol. The third-order valence-corrected chi connectivity index (χ3v) is 6.37. The van der Waals surface area contributed by atoms with Gasteiger partial charge in [0.05, 0.1) is 5.69 Å². The predicted octanol–water partition coefficient (Wildman–Crippen LogP) is 0.0904. The number of rotatable bonds is 8. The number of carboxylic acid groups (broad SMARTS) is 1. The molecule has 3 unspecified atom stereocenters. The van der Waals surface area contributed by atoms with Gasteiger partial charge in [0.2, 0.25) is 0 Å². The van der Waals surface area contributed by atoms with Crippen LogP contribution >= 0.6 is 23.1 Å². The van der Waals surface area contributed by atoms with E-state index in [9.17, 15) is 24.3 Å². The third-order valence-electron chi connectivity index (χ3n) is 4.34. The summed E-state index contributed by atoms with van der Waals surface area (Å²) in [6.45, 7) is 2.67. The molecule has 4 N–H and O–H groups in total. The Bertz CT molecular complexity index is 976. The number of β-lactam (4-membered cyclic amide) rings is 1. The Morgan fingerprint density at radius 2 is 2.26 bits per heavy atom. The second kappa shape index (κ2) is 9.34. The number of thiazole rings is 1. The Morgan fingerprint density at radius 3 is 2.87 bits per heavy atom. The lowest BCUT2D eigenvalue weighted by Crippen LogP contribution is -2.70. The van der Waals surface area contributed by atoms with Crippen molar-refractivity contribution in [2.75, 3.05) is 18.1 Å². The van der Waals surface area contributed by atoms with Gasteiger partial charge in [-0.15, -0.1) is 23.1 Å². The summed E-state index contributed by atoms with van der Waals surface area (Å²) in [7, 11) is 0. The van der Waals surface area contributed by atoms with Crippen LogP contribution in [0.2, 0.25) is 0 Å². The standard InChI is InChI=1S/C17H19N5O7S2/c1-7(10-6-31-17(18)20-10)29-19-3-11(24)21-12-14(25)22-13(16(26)27)9(4-28-8(2)23)5-30-15(12)22/h3,6-7,12,15H,4-5H2,1-2H3,(H2,18,20)(H,21,24)(H,26,27)/b19-3-. The summed E-state index contributed by atoms with van der Waals surface area (Å²) in [6, 6.07) is -0.913. The number of esters is 1. The van der Waals surface area contributed by atoms with Gasteiger partial charge in [0.15, 0.2) is 11.2 Å². The van der Waals surface area contributed by atoms with Crippen LogP contribution in [0, 0.1) is 0 Å². The number of nitrogens with zero attached hydrogens (tertiary/aromatic N) is 3. The van der Waals surface area contributed by atoms with Crippen molar-refractivity contribution in [2.24, 2.45) is 5.16 Å². The summed E-state index contributed by atoms with van der Waals surface area (Å²) in [4.78, 5) is 57.6. The number of fused-ring (bicyclic) bond motifs is 1. The number of amides is 2. The van der Waals surface area contributed by atoms with E-state index in [2.05, 4.69) is 15.5 Å². The van der Waals surface area contributed by atoms with E-state index in [1.807, 2.05) is 0 Å². The summed E-state index contributed by atoms with van der Waals surface area (Å²) in [5, 5.41) is 17.1. The Hall–Kier alpha value is -3.13. The molecule has 0 saturated carbocycles. The maximum Gasteiger partial charge on any atom is 0.352 e. The highest BCUT2D eigenvalue weighted by atomic mass is 32.2. The number of nitrogen functional groups attached to an aromatic ring is 1. The lowest BCUT2D eigenvalue weighted by molar-refractivity contribution is -0.150. The average molecular weight is 470 g/mol. The van der Waals surface area contributed by atoms with Gasteiger partial charge in [-0.05, 0) is 6.92 Å². The van der Waals surface area contributed by atoms with Crippen LogP contribution in [0.15, 0.2) is 21.8 Å². The fourth-order valence-electron chi connectivity index (χ4n) is 2.88. The lowest BCUT2D eigenvalue weighted by atomic mass is 10.0. The Kier molecular flexibility index (Phi) is 6.80. The Labute approximate surface area is 184 Å². The molecule has 0 radical (unpaired) electrons. The van der Waals surface area contributed by atoms with Gasteiger partial charge in [0.25, 0.3) is 11.8 Å². The highest BCUT2D eigenvalue weighted by Gasteiger charge is 2.54. The minimum Gasteiger partial charge on any atom is -0.477 e. The number of nitrogens with two attached hydrogens (primary N) is 1. The molecule has 12 nitrogen and oxygen atoms in total. The van der Waals surface area contributed by atoms with Crippen LogP contribution in [0.1, 0.15) is 25.6 Å². The summed E-state index contributed by atoms with van der Waals surface area (Å²) >= 11 is 2.51. The number of anilines is 1. The zero-order valence-electron chi connectivity index (χ0n) is 16.4. The number of ether oxygens (including phenoxy) is 1. The highest BCUT2D eigenvalue weighted by molar-refractivity contribution is 8.00. The van der Waals surface area contributed by atoms with Crippen LogP contribution in [0.25, 0.3) is 0 Å². The van der Waals surface area contributed by atoms with Gasteiger partial charge in [-0.1, -0.05) is 5.16 Å². The maximum atomic E-state index is 12.5. The maximum absolute atomic E-state index is 12.5. The molecule has 1 aromatic heterocycles. The Balaban J connectivity index is 1.58. The third kappa shape index (κ3) is 4.96. The molecule has 3 heterocycles. The fourth-order valence-corrected chi connectivity index (χ4v) is 4.86. The second-order valence-electron chi connectivity index (χ2n) is 6.53. The van der Waals surface area contributed by atoms with Crippen LogP contribution in [0.5, 0.6) is 0 Å². The molecule has 3 atom stereocenters. The number of hydrogen-bond acceptors (Lipinski definition) is 11. The zero-order chi connectivity index (χ0) is 22.7. The summed E-state index contributed by atoms with van der Waals surface area (Å²) in [5.41, 5.74) is 6.21. The second-order valence-corrected chi connectivity index (χ2v) is 8.52. The molecular weight excluding hydrogens is 450 g/mol. The van der Waals surface area contributed by atoms with Gasteiger partial charge in [-0.2, -0.15) is 0 Å². The van der Waals surface area contributed by atoms with Crippen molar-refractivity contribution < 1.29 is 33.9 Å². The van der Waals surface area contributed by atoms with E-state index < -0.39 is 41.3 Å². The molecule has 0 aromatic carbocycles. The molecule has 1 saturated heterocycles. The van der Waals surface area contributed by atoms with Crippen molar-refractivity contribution >= 4 is 58.2 Å². The molecule has 2 aliphatic rings. The molecule has 2 amide bonds. The van der Waals surface area contributed by atoms with Gasteiger partial charge >= 0.3 is 11.9 Å². The topological polar surface area (TPSA) is 174 Å². The van der Waals surface area contributed by atoms with Crippen LogP contribution in [-0.4, -0.2) is 68.7 Å². The molecule has 31 heavy (non-hydrogen) atoms. The summed E-state index contributed by atoms with van der Waals surface area (Å²) in [6.07, 6.45) is 0.363. The van der Waals surface area contributed by atoms with Gasteiger partial charge in [0, 0.05) is 23.6 Å². The average Bonchev–Trinajstić information content (AvgIpc) is 3.15. The number of carbonyl (C=O) groups excluding carboxylic acids is 3. The molecule has 14 heteroatoms. The van der Waals surface area contributed by atoms with E-state index in [1.165, 1.54) is 30.0 Å². The van der Waals surface area contributed by atoms with Crippen molar-refractivity contribution in [3.63, 3.8) is 0 Å². The van der Waals surface area contributed by atoms with E-state index in [1.54, 1.807) is 12.3 Å².